The summed E-state index contributed by atoms with van der Waals surface area (Å²) in [5.74, 6) is 0.0561. The summed E-state index contributed by atoms with van der Waals surface area (Å²) in [5.41, 5.74) is 0.745. The second-order valence-corrected chi connectivity index (χ2v) is 3.20. The molecule has 2 N–H and O–H groups in total. The largest absolute Gasteiger partial charge is 0.508 e. The maximum Gasteiger partial charge on any atom is 0.362 e. The van der Waals surface area contributed by atoms with Crippen LogP contribution in [0.25, 0.3) is 22.0 Å². The summed E-state index contributed by atoms with van der Waals surface area (Å²) in [6, 6.07) is 4.58. The summed E-state index contributed by atoms with van der Waals surface area (Å²) < 4.78 is 5.03. The van der Waals surface area contributed by atoms with Gasteiger partial charge in [0.25, 0.3) is 0 Å². The van der Waals surface area contributed by atoms with Crippen LogP contribution in [0.15, 0.2) is 33.7 Å². The summed E-state index contributed by atoms with van der Waals surface area (Å²) >= 11 is 0. The Hall–Kier alpha value is -2.30. The molecule has 0 spiro atoms. The Morgan fingerprint density at radius 3 is 3.13 bits per heavy atom. The van der Waals surface area contributed by atoms with Crippen molar-refractivity contribution in [2.45, 2.75) is 0 Å². The Morgan fingerprint density at radius 1 is 1.40 bits per heavy atom. The normalized spacial score (nSPS) is 11.2. The van der Waals surface area contributed by atoms with Crippen LogP contribution in [0.2, 0.25) is 0 Å². The highest BCUT2D eigenvalue weighted by molar-refractivity contribution is 6.00. The van der Waals surface area contributed by atoms with Crippen molar-refractivity contribution in [3.8, 4) is 5.75 Å². The van der Waals surface area contributed by atoms with E-state index < -0.39 is 5.63 Å². The lowest BCUT2D eigenvalue weighted by atomic mass is 10.2. The summed E-state index contributed by atoms with van der Waals surface area (Å²) in [7, 11) is 0. The third-order valence-electron chi connectivity index (χ3n) is 2.27. The number of phenolic OH excluding ortho intramolecular Hbond substituents is 1. The standard InChI is InChI=1S/C10H6N2O3/c13-5-1-2-6-7(3-5)15-10(14)9-8(6)11-4-12-9/h1-4,13H,(H,11,12). The fourth-order valence-electron chi connectivity index (χ4n) is 1.60. The zero-order valence-corrected chi connectivity index (χ0v) is 7.52. The molecule has 2 aromatic heterocycles. The maximum absolute atomic E-state index is 11.4. The van der Waals surface area contributed by atoms with Gasteiger partial charge in [-0.25, -0.2) is 9.78 Å². The van der Waals surface area contributed by atoms with Gasteiger partial charge in [0.2, 0.25) is 0 Å². The molecule has 5 heteroatoms. The van der Waals surface area contributed by atoms with E-state index in [0.717, 1.165) is 0 Å². The van der Waals surface area contributed by atoms with E-state index in [1.54, 1.807) is 6.07 Å². The first-order valence-corrected chi connectivity index (χ1v) is 4.34. The molecular formula is C10H6N2O3. The van der Waals surface area contributed by atoms with Crippen LogP contribution in [0.3, 0.4) is 0 Å². The summed E-state index contributed by atoms with van der Waals surface area (Å²) in [6.45, 7) is 0. The van der Waals surface area contributed by atoms with Crippen LogP contribution in [-0.2, 0) is 0 Å². The molecule has 0 fully saturated rings. The maximum atomic E-state index is 11.4. The number of nitrogens with zero attached hydrogens (tertiary/aromatic N) is 1. The minimum atomic E-state index is -0.486. The molecular weight excluding hydrogens is 196 g/mol. The lowest BCUT2D eigenvalue weighted by Crippen LogP contribution is -1.99. The minimum absolute atomic E-state index is 0.0561. The first-order valence-electron chi connectivity index (χ1n) is 4.34. The van der Waals surface area contributed by atoms with Gasteiger partial charge in [0.15, 0.2) is 5.52 Å². The number of H-pyrrole nitrogens is 1. The van der Waals surface area contributed by atoms with Crippen LogP contribution in [0.1, 0.15) is 0 Å². The van der Waals surface area contributed by atoms with Gasteiger partial charge in [-0.15, -0.1) is 0 Å². The van der Waals surface area contributed by atoms with E-state index in [-0.39, 0.29) is 5.75 Å². The third kappa shape index (κ3) is 1.03. The van der Waals surface area contributed by atoms with Crippen LogP contribution in [0.4, 0.5) is 0 Å². The van der Waals surface area contributed by atoms with Gasteiger partial charge in [-0.2, -0.15) is 0 Å². The van der Waals surface area contributed by atoms with Gasteiger partial charge in [0.1, 0.15) is 16.8 Å². The van der Waals surface area contributed by atoms with E-state index in [2.05, 4.69) is 9.97 Å². The molecule has 0 aliphatic carbocycles. The third-order valence-corrected chi connectivity index (χ3v) is 2.27. The van der Waals surface area contributed by atoms with Gasteiger partial charge < -0.3 is 14.5 Å². The van der Waals surface area contributed by atoms with E-state index in [0.29, 0.717) is 22.0 Å². The van der Waals surface area contributed by atoms with Gasteiger partial charge in [0, 0.05) is 11.5 Å². The quantitative estimate of drug-likeness (QED) is 0.539. The van der Waals surface area contributed by atoms with Crippen LogP contribution >= 0.6 is 0 Å². The molecule has 15 heavy (non-hydrogen) atoms. The lowest BCUT2D eigenvalue weighted by molar-refractivity contribution is 0.473. The van der Waals surface area contributed by atoms with Crippen molar-refractivity contribution in [3.63, 3.8) is 0 Å². The average molecular weight is 202 g/mol. The number of aromatic amines is 1. The molecule has 5 nitrogen and oxygen atoms in total. The Labute approximate surface area is 83.0 Å². The number of fused-ring (bicyclic) bond motifs is 3. The van der Waals surface area contributed by atoms with E-state index >= 15 is 0 Å². The summed E-state index contributed by atoms with van der Waals surface area (Å²) in [4.78, 5) is 18.2. The second-order valence-electron chi connectivity index (χ2n) is 3.20. The Kier molecular flexibility index (Phi) is 1.39. The Bertz CT molecular complexity index is 711. The first kappa shape index (κ1) is 8.05. The summed E-state index contributed by atoms with van der Waals surface area (Å²) in [6.07, 6.45) is 1.44. The predicted molar refractivity (Wildman–Crippen MR) is 53.8 cm³/mol. The van der Waals surface area contributed by atoms with Crippen molar-refractivity contribution in [1.29, 1.82) is 0 Å². The van der Waals surface area contributed by atoms with Crippen LogP contribution < -0.4 is 5.63 Å². The van der Waals surface area contributed by atoms with Crippen molar-refractivity contribution in [1.82, 2.24) is 9.97 Å². The van der Waals surface area contributed by atoms with Gasteiger partial charge in [-0.05, 0) is 12.1 Å². The Balaban J connectivity index is 2.66. The minimum Gasteiger partial charge on any atom is -0.508 e. The van der Waals surface area contributed by atoms with Gasteiger partial charge in [-0.1, -0.05) is 0 Å². The number of nitrogens with one attached hydrogen (secondary N) is 1. The molecule has 1 aromatic carbocycles. The van der Waals surface area contributed by atoms with E-state index in [1.807, 2.05) is 0 Å². The molecule has 3 aromatic rings. The van der Waals surface area contributed by atoms with E-state index in [9.17, 15) is 9.90 Å². The van der Waals surface area contributed by atoms with E-state index in [1.165, 1.54) is 18.5 Å². The number of benzene rings is 1. The second kappa shape index (κ2) is 2.60. The van der Waals surface area contributed by atoms with Crippen LogP contribution in [0.5, 0.6) is 5.75 Å². The average Bonchev–Trinajstić information content (AvgIpc) is 2.66. The number of phenols is 1. The molecule has 2 heterocycles. The molecule has 0 radical (unpaired) electrons. The molecule has 74 valence electrons. The number of aromatic hydroxyl groups is 1. The zero-order chi connectivity index (χ0) is 10.4. The molecule has 0 saturated heterocycles. The van der Waals surface area contributed by atoms with Crippen molar-refractivity contribution in [2.75, 3.05) is 0 Å². The number of rotatable bonds is 0. The van der Waals surface area contributed by atoms with Gasteiger partial charge in [0.05, 0.1) is 6.33 Å². The SMILES string of the molecule is O=c1oc2cc(O)ccc2c2nc[nH]c12. The molecule has 0 aliphatic rings. The Morgan fingerprint density at radius 2 is 2.27 bits per heavy atom. The topological polar surface area (TPSA) is 79.1 Å². The van der Waals surface area contributed by atoms with Crippen molar-refractivity contribution in [3.05, 3.63) is 34.9 Å². The molecule has 0 saturated carbocycles. The van der Waals surface area contributed by atoms with Crippen molar-refractivity contribution >= 4 is 22.0 Å². The molecule has 0 aliphatic heterocycles. The highest BCUT2D eigenvalue weighted by Gasteiger charge is 2.09. The molecule has 0 atom stereocenters. The highest BCUT2D eigenvalue weighted by Crippen LogP contribution is 2.23. The van der Waals surface area contributed by atoms with Gasteiger partial charge in [-0.3, -0.25) is 0 Å². The number of imidazole rings is 1. The molecule has 0 amide bonds. The first-order chi connectivity index (χ1) is 7.25. The number of hydrogen-bond donors (Lipinski definition) is 2. The smallest absolute Gasteiger partial charge is 0.362 e. The summed E-state index contributed by atoms with van der Waals surface area (Å²) in [5, 5.41) is 9.95. The van der Waals surface area contributed by atoms with E-state index in [4.69, 9.17) is 4.42 Å². The fraction of sp³-hybridized carbons (Fsp3) is 0. The molecule has 3 rings (SSSR count). The van der Waals surface area contributed by atoms with Crippen molar-refractivity contribution in [2.24, 2.45) is 0 Å². The number of hydrogen-bond acceptors (Lipinski definition) is 4. The molecule has 0 unspecified atom stereocenters. The van der Waals surface area contributed by atoms with Crippen molar-refractivity contribution < 1.29 is 9.52 Å². The number of aromatic nitrogens is 2. The lowest BCUT2D eigenvalue weighted by Gasteiger charge is -1.97. The highest BCUT2D eigenvalue weighted by atomic mass is 16.4. The zero-order valence-electron chi connectivity index (χ0n) is 7.52. The predicted octanol–water partition coefficient (Wildman–Crippen LogP) is 1.37. The van der Waals surface area contributed by atoms with Crippen LogP contribution in [0, 0.1) is 0 Å². The monoisotopic (exact) mass is 202 g/mol. The van der Waals surface area contributed by atoms with Crippen LogP contribution in [-0.4, -0.2) is 15.1 Å². The fourth-order valence-corrected chi connectivity index (χ4v) is 1.60. The van der Waals surface area contributed by atoms with Gasteiger partial charge >= 0.3 is 5.63 Å². The molecule has 0 bridgehead atoms.